The van der Waals surface area contributed by atoms with Crippen molar-refractivity contribution in [3.8, 4) is 0 Å². The van der Waals surface area contributed by atoms with Crippen LogP contribution in [-0.2, 0) is 4.79 Å². The van der Waals surface area contributed by atoms with Crippen molar-refractivity contribution >= 4 is 12.0 Å². The predicted molar refractivity (Wildman–Crippen MR) is 78.7 cm³/mol. The third kappa shape index (κ3) is 6.24. The number of aromatic nitrogens is 2. The summed E-state index contributed by atoms with van der Waals surface area (Å²) in [7, 11) is 0. The summed E-state index contributed by atoms with van der Waals surface area (Å²) in [6.07, 6.45) is -3.67. The minimum atomic E-state index is -1.85. The number of carbonyl (C=O) groups excluding carboxylic acids is 1. The number of nitrogens with one attached hydrogen (secondary N) is 2. The lowest BCUT2D eigenvalue weighted by Crippen LogP contribution is -2.51. The Balaban J connectivity index is 2.87. The number of carboxylic acid groups (broad SMARTS) is 1. The smallest absolute Gasteiger partial charge is 0.328 e. The molecule has 0 radical (unpaired) electrons. The summed E-state index contributed by atoms with van der Waals surface area (Å²) in [6, 6.07) is -4.72. The molecule has 0 aromatic carbocycles. The zero-order valence-corrected chi connectivity index (χ0v) is 13.2. The Hall–Kier alpha value is -2.32. The summed E-state index contributed by atoms with van der Waals surface area (Å²) >= 11 is 0. The SMILES string of the molecule is CC(O)[C@H](NC(=O)N[C@@H](CC(O)O)c1nc([C@@H](N)CO)no1)C(=O)O. The Kier molecular flexibility index (Phi) is 7.66. The summed E-state index contributed by atoms with van der Waals surface area (Å²) in [6.45, 7) is 0.712. The molecule has 0 bridgehead atoms. The normalized spacial score (nSPS) is 16.1. The number of rotatable bonds is 9. The lowest BCUT2D eigenvalue weighted by molar-refractivity contribution is -0.141. The molecular formula is C12H21N5O8. The Bertz CT molecular complexity index is 578. The van der Waals surface area contributed by atoms with Crippen molar-refractivity contribution in [2.75, 3.05) is 6.61 Å². The van der Waals surface area contributed by atoms with Gasteiger partial charge in [0.05, 0.1) is 18.8 Å². The standard InChI is InChI=1S/C12H21N5O8/c1-4(19)8(11(22)23)15-12(24)14-6(2-7(20)21)10-16-9(17-25-10)5(13)3-18/h4-8,18-21H,2-3,13H2,1H3,(H,22,23)(H2,14,15,24)/t4?,5-,6-,8-/m0/s1. The minimum absolute atomic E-state index is 0.0652. The Morgan fingerprint density at radius 3 is 2.40 bits per heavy atom. The second-order valence-corrected chi connectivity index (χ2v) is 5.22. The number of amides is 2. The highest BCUT2D eigenvalue weighted by Crippen LogP contribution is 2.18. The summed E-state index contributed by atoms with van der Waals surface area (Å²) in [4.78, 5) is 26.7. The van der Waals surface area contributed by atoms with Gasteiger partial charge in [0.15, 0.2) is 18.2 Å². The van der Waals surface area contributed by atoms with Crippen LogP contribution in [0.1, 0.15) is 37.1 Å². The lowest BCUT2D eigenvalue weighted by atomic mass is 10.2. The van der Waals surface area contributed by atoms with Crippen molar-refractivity contribution in [3.63, 3.8) is 0 Å². The van der Waals surface area contributed by atoms with Gasteiger partial charge in [-0.05, 0) is 6.92 Å². The van der Waals surface area contributed by atoms with E-state index in [0.717, 1.165) is 0 Å². The third-order valence-electron chi connectivity index (χ3n) is 3.07. The van der Waals surface area contributed by atoms with E-state index in [4.69, 9.17) is 30.7 Å². The first kappa shape index (κ1) is 20.7. The van der Waals surface area contributed by atoms with Gasteiger partial charge in [0.2, 0.25) is 5.89 Å². The number of hydrogen-bond acceptors (Lipinski definition) is 10. The number of carbonyl (C=O) groups is 2. The summed E-state index contributed by atoms with van der Waals surface area (Å²) in [5, 5.41) is 53.2. The van der Waals surface area contributed by atoms with E-state index in [2.05, 4.69) is 15.5 Å². The van der Waals surface area contributed by atoms with E-state index < -0.39 is 55.5 Å². The number of carboxylic acids is 1. The highest BCUT2D eigenvalue weighted by molar-refractivity contribution is 5.83. The van der Waals surface area contributed by atoms with Gasteiger partial charge >= 0.3 is 12.0 Å². The van der Waals surface area contributed by atoms with Crippen molar-refractivity contribution in [2.45, 2.75) is 43.9 Å². The first-order valence-corrected chi connectivity index (χ1v) is 7.19. The molecule has 0 fully saturated rings. The maximum absolute atomic E-state index is 11.9. The fourth-order valence-corrected chi connectivity index (χ4v) is 1.78. The second kappa shape index (κ2) is 9.24. The zero-order chi connectivity index (χ0) is 19.1. The molecule has 2 amide bonds. The van der Waals surface area contributed by atoms with E-state index >= 15 is 0 Å². The van der Waals surface area contributed by atoms with E-state index in [1.807, 2.05) is 5.32 Å². The molecule has 1 aromatic rings. The highest BCUT2D eigenvalue weighted by Gasteiger charge is 2.29. The largest absolute Gasteiger partial charge is 0.480 e. The molecule has 0 aliphatic heterocycles. The van der Waals surface area contributed by atoms with Gasteiger partial charge in [-0.25, -0.2) is 9.59 Å². The van der Waals surface area contributed by atoms with Crippen LogP contribution in [0.2, 0.25) is 0 Å². The number of nitrogens with two attached hydrogens (primary N) is 1. The maximum Gasteiger partial charge on any atom is 0.328 e. The van der Waals surface area contributed by atoms with Crippen LogP contribution in [0.25, 0.3) is 0 Å². The van der Waals surface area contributed by atoms with Gasteiger partial charge in [0, 0.05) is 6.42 Å². The van der Waals surface area contributed by atoms with Gasteiger partial charge in [-0.1, -0.05) is 5.16 Å². The van der Waals surface area contributed by atoms with Crippen LogP contribution >= 0.6 is 0 Å². The number of urea groups is 1. The molecule has 1 rings (SSSR count). The van der Waals surface area contributed by atoms with Crippen LogP contribution in [0.15, 0.2) is 4.52 Å². The van der Waals surface area contributed by atoms with Crippen LogP contribution < -0.4 is 16.4 Å². The number of hydrogen-bond donors (Lipinski definition) is 8. The number of nitrogens with zero attached hydrogens (tertiary/aromatic N) is 2. The van der Waals surface area contributed by atoms with E-state index in [1.165, 1.54) is 6.92 Å². The first-order valence-electron chi connectivity index (χ1n) is 7.19. The molecule has 25 heavy (non-hydrogen) atoms. The molecule has 13 nitrogen and oxygen atoms in total. The third-order valence-corrected chi connectivity index (χ3v) is 3.07. The van der Waals surface area contributed by atoms with Crippen molar-refractivity contribution in [3.05, 3.63) is 11.7 Å². The number of aliphatic carboxylic acids is 1. The monoisotopic (exact) mass is 363 g/mol. The topological polar surface area (TPSA) is 224 Å². The van der Waals surface area contributed by atoms with Gasteiger partial charge in [0.25, 0.3) is 0 Å². The average molecular weight is 363 g/mol. The van der Waals surface area contributed by atoms with Crippen LogP contribution in [0.4, 0.5) is 4.79 Å². The zero-order valence-electron chi connectivity index (χ0n) is 13.2. The van der Waals surface area contributed by atoms with Gasteiger partial charge in [0.1, 0.15) is 6.04 Å². The molecule has 0 saturated carbocycles. The minimum Gasteiger partial charge on any atom is -0.480 e. The van der Waals surface area contributed by atoms with Crippen molar-refractivity contribution < 1.29 is 39.6 Å². The molecule has 1 unspecified atom stereocenters. The molecule has 0 aliphatic carbocycles. The molecule has 142 valence electrons. The van der Waals surface area contributed by atoms with E-state index in [0.29, 0.717) is 0 Å². The van der Waals surface area contributed by atoms with Crippen LogP contribution in [0.3, 0.4) is 0 Å². The van der Waals surface area contributed by atoms with Crippen LogP contribution in [0, 0.1) is 0 Å². The van der Waals surface area contributed by atoms with Crippen molar-refractivity contribution in [2.24, 2.45) is 5.73 Å². The second-order valence-electron chi connectivity index (χ2n) is 5.22. The summed E-state index contributed by atoms with van der Waals surface area (Å²) in [5.74, 6) is -1.76. The Morgan fingerprint density at radius 1 is 1.28 bits per heavy atom. The quantitative estimate of drug-likeness (QED) is 0.205. The molecular weight excluding hydrogens is 342 g/mol. The molecule has 4 atom stereocenters. The number of aliphatic hydroxyl groups excluding tert-OH is 3. The van der Waals surface area contributed by atoms with Gasteiger partial charge in [-0.15, -0.1) is 0 Å². The Morgan fingerprint density at radius 2 is 1.92 bits per heavy atom. The van der Waals surface area contributed by atoms with Crippen LogP contribution in [-0.4, -0.2) is 72.7 Å². The van der Waals surface area contributed by atoms with E-state index in [1.54, 1.807) is 0 Å². The molecule has 1 aromatic heterocycles. The predicted octanol–water partition coefficient (Wildman–Crippen LogP) is -3.06. The summed E-state index contributed by atoms with van der Waals surface area (Å²) in [5.41, 5.74) is 5.52. The molecule has 1 heterocycles. The molecule has 0 aliphatic rings. The van der Waals surface area contributed by atoms with E-state index in [9.17, 15) is 14.7 Å². The molecule has 9 N–H and O–H groups in total. The maximum atomic E-state index is 11.9. The van der Waals surface area contributed by atoms with Gasteiger partial charge in [-0.2, -0.15) is 4.98 Å². The number of aliphatic hydroxyl groups is 4. The molecule has 13 heteroatoms. The highest BCUT2D eigenvalue weighted by atomic mass is 16.5. The van der Waals surface area contributed by atoms with Crippen LogP contribution in [0.5, 0.6) is 0 Å². The van der Waals surface area contributed by atoms with Gasteiger partial charge in [-0.3, -0.25) is 0 Å². The van der Waals surface area contributed by atoms with Crippen molar-refractivity contribution in [1.29, 1.82) is 0 Å². The molecule has 0 saturated heterocycles. The fourth-order valence-electron chi connectivity index (χ4n) is 1.78. The van der Waals surface area contributed by atoms with E-state index in [-0.39, 0.29) is 11.7 Å². The average Bonchev–Trinajstić information content (AvgIpc) is 3.00. The Labute approximate surface area is 141 Å². The lowest BCUT2D eigenvalue weighted by Gasteiger charge is -2.20. The fraction of sp³-hybridized carbons (Fsp3) is 0.667. The van der Waals surface area contributed by atoms with Crippen molar-refractivity contribution in [1.82, 2.24) is 20.8 Å². The molecule has 0 spiro atoms. The summed E-state index contributed by atoms with van der Waals surface area (Å²) < 4.78 is 4.87. The first-order chi connectivity index (χ1) is 11.6. The van der Waals surface area contributed by atoms with Gasteiger partial charge < -0.3 is 46.4 Å².